The quantitative estimate of drug-likeness (QED) is 0.724. The Kier molecular flexibility index (Phi) is 2.60. The first kappa shape index (κ1) is 12.2. The molecular weight excluding hydrogens is 218 g/mol. The van der Waals surface area contributed by atoms with Crippen LogP contribution in [0.4, 0.5) is 0 Å². The zero-order valence-corrected chi connectivity index (χ0v) is 12.2. The predicted molar refractivity (Wildman–Crippen MR) is 77.0 cm³/mol. The highest BCUT2D eigenvalue weighted by molar-refractivity contribution is 5.44. The lowest BCUT2D eigenvalue weighted by atomic mass is 9.82. The van der Waals surface area contributed by atoms with Crippen LogP contribution in [0.1, 0.15) is 57.2 Å². The van der Waals surface area contributed by atoms with Crippen LogP contribution in [0.2, 0.25) is 0 Å². The lowest BCUT2D eigenvalue weighted by molar-refractivity contribution is 0.173. The van der Waals surface area contributed by atoms with Crippen LogP contribution in [0.15, 0.2) is 18.2 Å². The Labute approximate surface area is 111 Å². The number of fused-ring (bicyclic) bond motifs is 2. The molecule has 1 aliphatic heterocycles. The average Bonchev–Trinajstić information content (AvgIpc) is 3.09. The zero-order valence-electron chi connectivity index (χ0n) is 12.2. The van der Waals surface area contributed by atoms with Crippen molar-refractivity contribution in [2.45, 2.75) is 57.9 Å². The predicted octanol–water partition coefficient (Wildman–Crippen LogP) is 3.85. The third kappa shape index (κ3) is 1.72. The van der Waals surface area contributed by atoms with Gasteiger partial charge in [-0.25, -0.2) is 0 Å². The maximum Gasteiger partial charge on any atom is 0.0465 e. The van der Waals surface area contributed by atoms with Crippen LogP contribution < -0.4 is 0 Å². The Balaban J connectivity index is 2.03. The van der Waals surface area contributed by atoms with Gasteiger partial charge in [-0.3, -0.25) is 4.90 Å². The van der Waals surface area contributed by atoms with Crippen molar-refractivity contribution in [2.24, 2.45) is 0 Å². The fourth-order valence-electron chi connectivity index (χ4n) is 3.53. The second-order valence-electron chi connectivity index (χ2n) is 6.98. The highest BCUT2D eigenvalue weighted by Gasteiger charge is 2.51. The fraction of sp³-hybridized carbons (Fsp3) is 0.647. The average molecular weight is 243 g/mol. The van der Waals surface area contributed by atoms with Gasteiger partial charge in [-0.15, -0.1) is 0 Å². The molecule has 1 aliphatic carbocycles. The van der Waals surface area contributed by atoms with Crippen molar-refractivity contribution in [2.75, 3.05) is 13.1 Å². The number of hydrogen-bond donors (Lipinski definition) is 0. The number of likely N-dealkylation sites (N-methyl/N-ethyl adjacent to an activating group) is 1. The second kappa shape index (κ2) is 3.84. The molecule has 0 atom stereocenters. The number of rotatable bonds is 1. The van der Waals surface area contributed by atoms with Crippen LogP contribution in [0.5, 0.6) is 0 Å². The van der Waals surface area contributed by atoms with Gasteiger partial charge in [-0.1, -0.05) is 45.9 Å². The van der Waals surface area contributed by atoms with E-state index in [4.69, 9.17) is 0 Å². The van der Waals surface area contributed by atoms with Crippen LogP contribution in [0.3, 0.4) is 0 Å². The lowest BCUT2D eigenvalue weighted by Gasteiger charge is -2.38. The summed E-state index contributed by atoms with van der Waals surface area (Å²) < 4.78 is 0. The largest absolute Gasteiger partial charge is 0.294 e. The molecule has 98 valence electrons. The molecule has 18 heavy (non-hydrogen) atoms. The Morgan fingerprint density at radius 2 is 1.94 bits per heavy atom. The van der Waals surface area contributed by atoms with Crippen molar-refractivity contribution in [3.05, 3.63) is 34.9 Å². The highest BCUT2D eigenvalue weighted by atomic mass is 15.2. The van der Waals surface area contributed by atoms with Crippen molar-refractivity contribution in [3.8, 4) is 0 Å². The van der Waals surface area contributed by atoms with Crippen molar-refractivity contribution >= 4 is 0 Å². The first-order valence-electron chi connectivity index (χ1n) is 7.36. The molecule has 1 heterocycles. The summed E-state index contributed by atoms with van der Waals surface area (Å²) in [5.74, 6) is 0. The van der Waals surface area contributed by atoms with E-state index in [1.165, 1.54) is 37.9 Å². The van der Waals surface area contributed by atoms with Crippen molar-refractivity contribution in [1.82, 2.24) is 4.90 Å². The van der Waals surface area contributed by atoms with Gasteiger partial charge in [-0.2, -0.15) is 0 Å². The monoisotopic (exact) mass is 243 g/mol. The Hall–Kier alpha value is -0.820. The van der Waals surface area contributed by atoms with Gasteiger partial charge in [0.05, 0.1) is 0 Å². The van der Waals surface area contributed by atoms with E-state index in [1.54, 1.807) is 11.1 Å². The van der Waals surface area contributed by atoms with Gasteiger partial charge in [0, 0.05) is 12.1 Å². The number of hydrogen-bond acceptors (Lipinski definition) is 1. The summed E-state index contributed by atoms with van der Waals surface area (Å²) in [6.07, 6.45) is 3.96. The van der Waals surface area contributed by atoms with E-state index in [0.29, 0.717) is 5.54 Å². The molecule has 1 spiro atoms. The molecule has 3 rings (SSSR count). The Bertz CT molecular complexity index is 463. The molecule has 0 amide bonds. The van der Waals surface area contributed by atoms with E-state index >= 15 is 0 Å². The molecule has 2 aliphatic rings. The molecule has 1 aromatic rings. The third-order valence-electron chi connectivity index (χ3n) is 4.83. The first-order chi connectivity index (χ1) is 8.47. The summed E-state index contributed by atoms with van der Waals surface area (Å²) in [5, 5.41) is 0. The molecule has 0 bridgehead atoms. The van der Waals surface area contributed by atoms with E-state index < -0.39 is 0 Å². The molecular formula is C17H25N. The smallest absolute Gasteiger partial charge is 0.0465 e. The summed E-state index contributed by atoms with van der Waals surface area (Å²) >= 11 is 0. The first-order valence-corrected chi connectivity index (χ1v) is 7.36. The molecule has 1 heteroatoms. The van der Waals surface area contributed by atoms with Gasteiger partial charge in [-0.05, 0) is 47.9 Å². The van der Waals surface area contributed by atoms with E-state index in [1.807, 2.05) is 0 Å². The van der Waals surface area contributed by atoms with Gasteiger partial charge >= 0.3 is 0 Å². The minimum absolute atomic E-state index is 0.271. The van der Waals surface area contributed by atoms with Crippen LogP contribution >= 0.6 is 0 Å². The summed E-state index contributed by atoms with van der Waals surface area (Å²) in [7, 11) is 0. The SMILES string of the molecule is CCN1CCc2cc(C(C)(C)C)ccc2C12CC2. The van der Waals surface area contributed by atoms with Crippen LogP contribution in [-0.4, -0.2) is 18.0 Å². The Morgan fingerprint density at radius 3 is 2.50 bits per heavy atom. The maximum atomic E-state index is 2.69. The fourth-order valence-corrected chi connectivity index (χ4v) is 3.53. The van der Waals surface area contributed by atoms with E-state index in [0.717, 1.165) is 0 Å². The van der Waals surface area contributed by atoms with Crippen molar-refractivity contribution < 1.29 is 0 Å². The molecule has 1 fully saturated rings. The maximum absolute atomic E-state index is 2.69. The summed E-state index contributed by atoms with van der Waals surface area (Å²) in [5.41, 5.74) is 5.43. The van der Waals surface area contributed by atoms with Crippen LogP contribution in [0.25, 0.3) is 0 Å². The molecule has 1 nitrogen and oxygen atoms in total. The van der Waals surface area contributed by atoms with Gasteiger partial charge in [0.1, 0.15) is 0 Å². The van der Waals surface area contributed by atoms with Gasteiger partial charge in [0.15, 0.2) is 0 Å². The highest BCUT2D eigenvalue weighted by Crippen LogP contribution is 2.54. The second-order valence-corrected chi connectivity index (χ2v) is 6.98. The number of benzene rings is 1. The topological polar surface area (TPSA) is 3.24 Å². The van der Waals surface area contributed by atoms with Gasteiger partial charge < -0.3 is 0 Å². The molecule has 0 N–H and O–H groups in total. The lowest BCUT2D eigenvalue weighted by Crippen LogP contribution is -2.41. The van der Waals surface area contributed by atoms with E-state index in [2.05, 4.69) is 50.8 Å². The molecule has 1 saturated carbocycles. The standard InChI is InChI=1S/C17H25N/c1-5-18-11-8-13-12-14(16(2,3)4)6-7-15(13)17(18)9-10-17/h6-7,12H,5,8-11H2,1-4H3. The Morgan fingerprint density at radius 1 is 1.22 bits per heavy atom. The molecule has 0 unspecified atom stereocenters. The van der Waals surface area contributed by atoms with Gasteiger partial charge in [0.2, 0.25) is 0 Å². The summed E-state index contributed by atoms with van der Waals surface area (Å²) in [6, 6.07) is 7.26. The minimum atomic E-state index is 0.271. The molecule has 0 saturated heterocycles. The van der Waals surface area contributed by atoms with Crippen molar-refractivity contribution in [3.63, 3.8) is 0 Å². The van der Waals surface area contributed by atoms with Crippen LogP contribution in [-0.2, 0) is 17.4 Å². The minimum Gasteiger partial charge on any atom is -0.294 e. The third-order valence-corrected chi connectivity index (χ3v) is 4.83. The number of nitrogens with zero attached hydrogens (tertiary/aromatic N) is 1. The van der Waals surface area contributed by atoms with Gasteiger partial charge in [0.25, 0.3) is 0 Å². The summed E-state index contributed by atoms with van der Waals surface area (Å²) in [6.45, 7) is 11.7. The zero-order chi connectivity index (χ0) is 13.0. The van der Waals surface area contributed by atoms with E-state index in [9.17, 15) is 0 Å². The summed E-state index contributed by atoms with van der Waals surface area (Å²) in [4.78, 5) is 2.69. The molecule has 1 aromatic carbocycles. The normalized spacial score (nSPS) is 22.0. The van der Waals surface area contributed by atoms with Crippen molar-refractivity contribution in [1.29, 1.82) is 0 Å². The van der Waals surface area contributed by atoms with E-state index in [-0.39, 0.29) is 5.41 Å². The van der Waals surface area contributed by atoms with Crippen LogP contribution in [0, 0.1) is 0 Å². The molecule has 0 radical (unpaired) electrons. The molecule has 0 aromatic heterocycles.